The summed E-state index contributed by atoms with van der Waals surface area (Å²) >= 11 is 0. The molecule has 1 aromatic rings. The highest BCUT2D eigenvalue weighted by Gasteiger charge is 2.06. The van der Waals surface area contributed by atoms with E-state index in [0.717, 1.165) is 18.5 Å². The van der Waals surface area contributed by atoms with Gasteiger partial charge in [-0.25, -0.2) is 0 Å². The van der Waals surface area contributed by atoms with Crippen LogP contribution in [0, 0.1) is 0 Å². The van der Waals surface area contributed by atoms with Crippen LogP contribution in [0.1, 0.15) is 31.9 Å². The van der Waals surface area contributed by atoms with E-state index < -0.39 is 0 Å². The zero-order chi connectivity index (χ0) is 12.7. The SMILES string of the molecule is CCC(C)n1cccc(CNCCOC)c1=O. The standard InChI is InChI=1S/C13H22N2O2/c1-4-11(2)15-8-5-6-12(13(15)16)10-14-7-9-17-3/h5-6,8,11,14H,4,7,9-10H2,1-3H3. The van der Waals surface area contributed by atoms with Gasteiger partial charge in [-0.05, 0) is 19.4 Å². The van der Waals surface area contributed by atoms with E-state index in [-0.39, 0.29) is 11.6 Å². The number of rotatable bonds is 7. The van der Waals surface area contributed by atoms with Crippen LogP contribution in [0.3, 0.4) is 0 Å². The Kier molecular flexibility index (Phi) is 5.94. The number of hydrogen-bond donors (Lipinski definition) is 1. The lowest BCUT2D eigenvalue weighted by Gasteiger charge is -2.14. The van der Waals surface area contributed by atoms with Gasteiger partial charge in [0.05, 0.1) is 6.61 Å². The molecule has 0 spiro atoms. The van der Waals surface area contributed by atoms with Crippen LogP contribution in [-0.2, 0) is 11.3 Å². The number of methoxy groups -OCH3 is 1. The first-order chi connectivity index (χ1) is 8.20. The molecular formula is C13H22N2O2. The van der Waals surface area contributed by atoms with Crippen molar-refractivity contribution in [1.29, 1.82) is 0 Å². The van der Waals surface area contributed by atoms with Crippen LogP contribution in [0.2, 0.25) is 0 Å². The molecule has 1 aromatic heterocycles. The Balaban J connectivity index is 2.70. The van der Waals surface area contributed by atoms with Crippen molar-refractivity contribution >= 4 is 0 Å². The van der Waals surface area contributed by atoms with Gasteiger partial charge in [0.25, 0.3) is 5.56 Å². The predicted molar refractivity (Wildman–Crippen MR) is 69.3 cm³/mol. The van der Waals surface area contributed by atoms with E-state index in [1.807, 2.05) is 18.3 Å². The molecule has 0 aromatic carbocycles. The summed E-state index contributed by atoms with van der Waals surface area (Å²) in [6, 6.07) is 4.06. The maximum absolute atomic E-state index is 12.1. The van der Waals surface area contributed by atoms with Gasteiger partial charge in [-0.3, -0.25) is 4.79 Å². The first kappa shape index (κ1) is 13.9. The van der Waals surface area contributed by atoms with Crippen LogP contribution in [0.15, 0.2) is 23.1 Å². The Hall–Kier alpha value is -1.13. The molecular weight excluding hydrogens is 216 g/mol. The molecule has 0 aliphatic rings. The minimum absolute atomic E-state index is 0.103. The molecule has 0 saturated heterocycles. The Bertz CT molecular complexity index is 387. The first-order valence-corrected chi connectivity index (χ1v) is 6.10. The number of nitrogens with one attached hydrogen (secondary N) is 1. The lowest BCUT2D eigenvalue weighted by molar-refractivity contribution is 0.199. The summed E-state index contributed by atoms with van der Waals surface area (Å²) < 4.78 is 6.74. The summed E-state index contributed by atoms with van der Waals surface area (Å²) in [5.41, 5.74) is 0.913. The minimum Gasteiger partial charge on any atom is -0.383 e. The lowest BCUT2D eigenvalue weighted by Crippen LogP contribution is -2.29. The third kappa shape index (κ3) is 3.98. The highest BCUT2D eigenvalue weighted by Crippen LogP contribution is 2.06. The third-order valence-electron chi connectivity index (χ3n) is 2.92. The molecule has 0 amide bonds. The molecule has 1 heterocycles. The van der Waals surface area contributed by atoms with Crippen LogP contribution >= 0.6 is 0 Å². The van der Waals surface area contributed by atoms with Crippen molar-refractivity contribution in [2.75, 3.05) is 20.3 Å². The van der Waals surface area contributed by atoms with E-state index in [9.17, 15) is 4.79 Å². The molecule has 4 nitrogen and oxygen atoms in total. The molecule has 1 rings (SSSR count). The van der Waals surface area contributed by atoms with Crippen LogP contribution in [-0.4, -0.2) is 24.8 Å². The van der Waals surface area contributed by atoms with Gasteiger partial charge in [-0.2, -0.15) is 0 Å². The number of ether oxygens (including phenoxy) is 1. The maximum atomic E-state index is 12.1. The van der Waals surface area contributed by atoms with Crippen molar-refractivity contribution in [2.24, 2.45) is 0 Å². The molecule has 0 bridgehead atoms. The highest BCUT2D eigenvalue weighted by molar-refractivity contribution is 5.10. The predicted octanol–water partition coefficient (Wildman–Crippen LogP) is 1.56. The third-order valence-corrected chi connectivity index (χ3v) is 2.92. The second kappa shape index (κ2) is 7.25. The molecule has 1 N–H and O–H groups in total. The van der Waals surface area contributed by atoms with E-state index in [0.29, 0.717) is 13.2 Å². The van der Waals surface area contributed by atoms with Crippen molar-refractivity contribution in [2.45, 2.75) is 32.9 Å². The van der Waals surface area contributed by atoms with E-state index in [1.54, 1.807) is 11.7 Å². The zero-order valence-electron chi connectivity index (χ0n) is 10.9. The summed E-state index contributed by atoms with van der Waals surface area (Å²) in [5, 5.41) is 3.19. The summed E-state index contributed by atoms with van der Waals surface area (Å²) in [7, 11) is 1.67. The second-order valence-electron chi connectivity index (χ2n) is 4.17. The van der Waals surface area contributed by atoms with Crippen molar-refractivity contribution in [3.63, 3.8) is 0 Å². The lowest BCUT2D eigenvalue weighted by atomic mass is 10.2. The summed E-state index contributed by atoms with van der Waals surface area (Å²) in [6.07, 6.45) is 2.82. The van der Waals surface area contributed by atoms with Crippen molar-refractivity contribution in [1.82, 2.24) is 9.88 Å². The van der Waals surface area contributed by atoms with Gasteiger partial charge < -0.3 is 14.6 Å². The summed E-state index contributed by atoms with van der Waals surface area (Å²) in [5.74, 6) is 0. The van der Waals surface area contributed by atoms with E-state index in [1.165, 1.54) is 0 Å². The molecule has 0 aliphatic carbocycles. The Morgan fingerprint density at radius 3 is 2.94 bits per heavy atom. The van der Waals surface area contributed by atoms with Gasteiger partial charge in [-0.15, -0.1) is 0 Å². The van der Waals surface area contributed by atoms with Crippen molar-refractivity contribution < 1.29 is 4.74 Å². The van der Waals surface area contributed by atoms with Crippen LogP contribution < -0.4 is 10.9 Å². The molecule has 0 radical (unpaired) electrons. The second-order valence-corrected chi connectivity index (χ2v) is 4.17. The Labute approximate surface area is 103 Å². The zero-order valence-corrected chi connectivity index (χ0v) is 10.9. The fraction of sp³-hybridized carbons (Fsp3) is 0.615. The Morgan fingerprint density at radius 2 is 2.29 bits per heavy atom. The van der Waals surface area contributed by atoms with Gasteiger partial charge in [0, 0.05) is 38.0 Å². The molecule has 0 fully saturated rings. The number of hydrogen-bond acceptors (Lipinski definition) is 3. The van der Waals surface area contributed by atoms with Crippen molar-refractivity contribution in [3.05, 3.63) is 34.2 Å². The van der Waals surface area contributed by atoms with Gasteiger partial charge in [0.1, 0.15) is 0 Å². The average Bonchev–Trinajstić information content (AvgIpc) is 2.35. The molecule has 4 heteroatoms. The largest absolute Gasteiger partial charge is 0.383 e. The topological polar surface area (TPSA) is 43.3 Å². The molecule has 17 heavy (non-hydrogen) atoms. The monoisotopic (exact) mass is 238 g/mol. The first-order valence-electron chi connectivity index (χ1n) is 6.10. The van der Waals surface area contributed by atoms with Gasteiger partial charge in [0.15, 0.2) is 0 Å². The minimum atomic E-state index is 0.103. The number of nitrogens with zero attached hydrogens (tertiary/aromatic N) is 1. The van der Waals surface area contributed by atoms with Crippen LogP contribution in [0.25, 0.3) is 0 Å². The normalized spacial score (nSPS) is 12.6. The molecule has 1 atom stereocenters. The van der Waals surface area contributed by atoms with E-state index >= 15 is 0 Å². The molecule has 96 valence electrons. The molecule has 0 aliphatic heterocycles. The maximum Gasteiger partial charge on any atom is 0.255 e. The fourth-order valence-corrected chi connectivity index (χ4v) is 1.63. The number of aromatic nitrogens is 1. The Morgan fingerprint density at radius 1 is 1.53 bits per heavy atom. The quantitative estimate of drug-likeness (QED) is 0.733. The van der Waals surface area contributed by atoms with Gasteiger partial charge >= 0.3 is 0 Å². The molecule has 1 unspecified atom stereocenters. The summed E-state index contributed by atoms with van der Waals surface area (Å²) in [4.78, 5) is 12.1. The van der Waals surface area contributed by atoms with Gasteiger partial charge in [0.2, 0.25) is 0 Å². The van der Waals surface area contributed by atoms with Crippen LogP contribution in [0.5, 0.6) is 0 Å². The van der Waals surface area contributed by atoms with Crippen molar-refractivity contribution in [3.8, 4) is 0 Å². The van der Waals surface area contributed by atoms with Gasteiger partial charge in [-0.1, -0.05) is 13.0 Å². The fourth-order valence-electron chi connectivity index (χ4n) is 1.63. The summed E-state index contributed by atoms with van der Waals surface area (Å²) in [6.45, 7) is 6.16. The van der Waals surface area contributed by atoms with E-state index in [2.05, 4.69) is 19.2 Å². The van der Waals surface area contributed by atoms with E-state index in [4.69, 9.17) is 4.74 Å². The highest BCUT2D eigenvalue weighted by atomic mass is 16.5. The number of pyridine rings is 1. The average molecular weight is 238 g/mol. The molecule has 0 saturated carbocycles. The van der Waals surface area contributed by atoms with Crippen LogP contribution in [0.4, 0.5) is 0 Å². The smallest absolute Gasteiger partial charge is 0.255 e.